The smallest absolute Gasteiger partial charge is 0.369 e. The fourth-order valence-corrected chi connectivity index (χ4v) is 2.55. The molecular formula is C15H20F4N2. The molecule has 0 saturated carbocycles. The van der Waals surface area contributed by atoms with Crippen molar-refractivity contribution in [2.24, 2.45) is 5.92 Å². The quantitative estimate of drug-likeness (QED) is 0.854. The van der Waals surface area contributed by atoms with Crippen LogP contribution in [0.4, 0.5) is 23.2 Å². The van der Waals surface area contributed by atoms with Crippen molar-refractivity contribution in [3.05, 3.63) is 29.6 Å². The Balaban J connectivity index is 2.09. The number of anilines is 1. The summed E-state index contributed by atoms with van der Waals surface area (Å²) in [5, 5.41) is 3.31. The van der Waals surface area contributed by atoms with E-state index in [1.807, 2.05) is 13.8 Å². The van der Waals surface area contributed by atoms with E-state index in [1.165, 1.54) is 0 Å². The lowest BCUT2D eigenvalue weighted by Gasteiger charge is -2.21. The van der Waals surface area contributed by atoms with Gasteiger partial charge in [-0.2, -0.15) is 13.2 Å². The van der Waals surface area contributed by atoms with Gasteiger partial charge in [-0.15, -0.1) is 0 Å². The first-order valence-corrected chi connectivity index (χ1v) is 7.12. The number of hydrogen-bond acceptors (Lipinski definition) is 2. The van der Waals surface area contributed by atoms with Gasteiger partial charge in [0, 0.05) is 19.1 Å². The lowest BCUT2D eigenvalue weighted by Crippen LogP contribution is -2.31. The second-order valence-corrected chi connectivity index (χ2v) is 5.83. The number of hydrogen-bond donors (Lipinski definition) is 1. The van der Waals surface area contributed by atoms with Crippen LogP contribution < -0.4 is 10.2 Å². The minimum Gasteiger partial charge on any atom is -0.369 e. The average molecular weight is 304 g/mol. The zero-order valence-corrected chi connectivity index (χ0v) is 12.2. The number of nitrogens with zero attached hydrogens (tertiary/aromatic N) is 1. The van der Waals surface area contributed by atoms with E-state index in [0.717, 1.165) is 31.2 Å². The summed E-state index contributed by atoms with van der Waals surface area (Å²) in [6.45, 7) is 6.05. The third-order valence-corrected chi connectivity index (χ3v) is 3.71. The highest BCUT2D eigenvalue weighted by Gasteiger charge is 2.32. The molecule has 1 fully saturated rings. The molecule has 0 aliphatic carbocycles. The Hall–Kier alpha value is -1.30. The Bertz CT molecular complexity index is 485. The topological polar surface area (TPSA) is 15.3 Å². The van der Waals surface area contributed by atoms with Crippen molar-refractivity contribution in [2.75, 3.05) is 24.5 Å². The van der Waals surface area contributed by atoms with Gasteiger partial charge in [-0.05, 0) is 37.1 Å². The molecule has 1 aromatic carbocycles. The van der Waals surface area contributed by atoms with Crippen LogP contribution in [0.2, 0.25) is 0 Å². The van der Waals surface area contributed by atoms with Crippen LogP contribution in [-0.2, 0) is 6.18 Å². The number of benzene rings is 1. The van der Waals surface area contributed by atoms with Crippen molar-refractivity contribution < 1.29 is 17.6 Å². The van der Waals surface area contributed by atoms with Crippen molar-refractivity contribution in [2.45, 2.75) is 32.5 Å². The summed E-state index contributed by atoms with van der Waals surface area (Å²) in [4.78, 5) is 1.71. The van der Waals surface area contributed by atoms with Crippen LogP contribution in [-0.4, -0.2) is 25.7 Å². The molecule has 0 aromatic heterocycles. The van der Waals surface area contributed by atoms with Gasteiger partial charge < -0.3 is 10.2 Å². The summed E-state index contributed by atoms with van der Waals surface area (Å²) in [6.07, 6.45) is -3.59. The number of alkyl halides is 3. The maximum Gasteiger partial charge on any atom is 0.416 e. The standard InChI is InChI=1S/C15H20F4N2/c1-10(2)20-8-11-5-6-21(9-11)14-7-12(15(17,18)19)3-4-13(14)16/h3-4,7,10-11,20H,5-6,8-9H2,1-2H3. The Morgan fingerprint density at radius 2 is 2.05 bits per heavy atom. The van der Waals surface area contributed by atoms with Crippen LogP contribution in [0.15, 0.2) is 18.2 Å². The molecule has 1 atom stereocenters. The van der Waals surface area contributed by atoms with E-state index >= 15 is 0 Å². The van der Waals surface area contributed by atoms with Crippen molar-refractivity contribution in [1.82, 2.24) is 5.32 Å². The number of halogens is 4. The average Bonchev–Trinajstić information content (AvgIpc) is 2.84. The van der Waals surface area contributed by atoms with Gasteiger partial charge in [0.25, 0.3) is 0 Å². The predicted octanol–water partition coefficient (Wildman–Crippen LogP) is 3.67. The van der Waals surface area contributed by atoms with Gasteiger partial charge in [-0.1, -0.05) is 13.8 Å². The SMILES string of the molecule is CC(C)NCC1CCN(c2cc(C(F)(F)F)ccc2F)C1. The van der Waals surface area contributed by atoms with Gasteiger partial charge in [0.15, 0.2) is 0 Å². The summed E-state index contributed by atoms with van der Waals surface area (Å²) >= 11 is 0. The Morgan fingerprint density at radius 3 is 2.67 bits per heavy atom. The molecule has 2 nitrogen and oxygen atoms in total. The molecule has 1 N–H and O–H groups in total. The van der Waals surface area contributed by atoms with E-state index in [-0.39, 0.29) is 5.69 Å². The third-order valence-electron chi connectivity index (χ3n) is 3.71. The highest BCUT2D eigenvalue weighted by atomic mass is 19.4. The van der Waals surface area contributed by atoms with Gasteiger partial charge >= 0.3 is 6.18 Å². The van der Waals surface area contributed by atoms with E-state index in [4.69, 9.17) is 0 Å². The Morgan fingerprint density at radius 1 is 1.33 bits per heavy atom. The number of nitrogens with one attached hydrogen (secondary N) is 1. The van der Waals surface area contributed by atoms with Crippen LogP contribution in [0.25, 0.3) is 0 Å². The van der Waals surface area contributed by atoms with Gasteiger partial charge in [-0.3, -0.25) is 0 Å². The van der Waals surface area contributed by atoms with Crippen LogP contribution in [0.5, 0.6) is 0 Å². The molecule has 1 saturated heterocycles. The minimum absolute atomic E-state index is 0.0527. The molecule has 21 heavy (non-hydrogen) atoms. The molecule has 1 aliphatic rings. The predicted molar refractivity (Wildman–Crippen MR) is 74.9 cm³/mol. The fraction of sp³-hybridized carbons (Fsp3) is 0.600. The van der Waals surface area contributed by atoms with E-state index in [9.17, 15) is 17.6 Å². The molecule has 1 unspecified atom stereocenters. The summed E-state index contributed by atoms with van der Waals surface area (Å²) < 4.78 is 52.0. The van der Waals surface area contributed by atoms with Crippen molar-refractivity contribution >= 4 is 5.69 Å². The minimum atomic E-state index is -4.44. The zero-order valence-electron chi connectivity index (χ0n) is 12.2. The van der Waals surface area contributed by atoms with Gasteiger partial charge in [0.1, 0.15) is 5.82 Å². The number of rotatable bonds is 4. The largest absolute Gasteiger partial charge is 0.416 e. The monoisotopic (exact) mass is 304 g/mol. The Labute approximate surface area is 122 Å². The highest BCUT2D eigenvalue weighted by Crippen LogP contribution is 2.34. The molecule has 0 spiro atoms. The summed E-state index contributed by atoms with van der Waals surface area (Å²) in [7, 11) is 0. The summed E-state index contributed by atoms with van der Waals surface area (Å²) in [6, 6.07) is 2.96. The zero-order chi connectivity index (χ0) is 15.6. The molecule has 0 bridgehead atoms. The van der Waals surface area contributed by atoms with Crippen LogP contribution in [0.1, 0.15) is 25.8 Å². The molecule has 2 rings (SSSR count). The molecule has 0 amide bonds. The van der Waals surface area contributed by atoms with Crippen LogP contribution in [0, 0.1) is 11.7 Å². The first-order chi connectivity index (χ1) is 9.77. The third kappa shape index (κ3) is 4.09. The van der Waals surface area contributed by atoms with E-state index in [0.29, 0.717) is 25.0 Å². The fourth-order valence-electron chi connectivity index (χ4n) is 2.55. The molecule has 118 valence electrons. The van der Waals surface area contributed by atoms with Crippen LogP contribution in [0.3, 0.4) is 0 Å². The molecule has 1 heterocycles. The van der Waals surface area contributed by atoms with Crippen LogP contribution >= 0.6 is 0 Å². The normalized spacial score (nSPS) is 19.6. The first-order valence-electron chi connectivity index (χ1n) is 7.12. The second kappa shape index (κ2) is 6.22. The van der Waals surface area contributed by atoms with E-state index in [2.05, 4.69) is 5.32 Å². The molecular weight excluding hydrogens is 284 g/mol. The lowest BCUT2D eigenvalue weighted by atomic mass is 10.1. The maximum atomic E-state index is 13.8. The first kappa shape index (κ1) is 16.1. The molecule has 6 heteroatoms. The van der Waals surface area contributed by atoms with Crippen molar-refractivity contribution in [3.8, 4) is 0 Å². The summed E-state index contributed by atoms with van der Waals surface area (Å²) in [5.74, 6) is -0.262. The summed E-state index contributed by atoms with van der Waals surface area (Å²) in [5.41, 5.74) is -0.750. The molecule has 1 aromatic rings. The molecule has 1 aliphatic heterocycles. The Kier molecular flexibility index (Phi) is 4.76. The van der Waals surface area contributed by atoms with Gasteiger partial charge in [-0.25, -0.2) is 4.39 Å². The maximum absolute atomic E-state index is 13.8. The van der Waals surface area contributed by atoms with Gasteiger partial charge in [0.2, 0.25) is 0 Å². The van der Waals surface area contributed by atoms with Crippen molar-refractivity contribution in [1.29, 1.82) is 0 Å². The second-order valence-electron chi connectivity index (χ2n) is 5.83. The van der Waals surface area contributed by atoms with E-state index < -0.39 is 17.6 Å². The van der Waals surface area contributed by atoms with Gasteiger partial charge in [0.05, 0.1) is 11.3 Å². The highest BCUT2D eigenvalue weighted by molar-refractivity contribution is 5.51. The van der Waals surface area contributed by atoms with Crippen molar-refractivity contribution in [3.63, 3.8) is 0 Å². The lowest BCUT2D eigenvalue weighted by molar-refractivity contribution is -0.137. The van der Waals surface area contributed by atoms with E-state index in [1.54, 1.807) is 4.90 Å². The molecule has 0 radical (unpaired) electrons.